The summed E-state index contributed by atoms with van der Waals surface area (Å²) in [5.41, 5.74) is 1.40. The van der Waals surface area contributed by atoms with E-state index in [-0.39, 0.29) is 31.0 Å². The van der Waals surface area contributed by atoms with Crippen molar-refractivity contribution in [2.45, 2.75) is 58.3 Å². The first-order chi connectivity index (χ1) is 10.8. The molecule has 1 aromatic carbocycles. The van der Waals surface area contributed by atoms with Crippen molar-refractivity contribution < 1.29 is 36.1 Å². The van der Waals surface area contributed by atoms with Crippen molar-refractivity contribution in [3.8, 4) is 0 Å². The van der Waals surface area contributed by atoms with Crippen LogP contribution in [0.3, 0.4) is 0 Å². The number of hydrogen-bond donors (Lipinski definition) is 1. The Kier molecular flexibility index (Phi) is 16.2. The molecule has 0 aromatic heterocycles. The van der Waals surface area contributed by atoms with Crippen LogP contribution in [-0.4, -0.2) is 36.2 Å². The molecule has 0 amide bonds. The van der Waals surface area contributed by atoms with Crippen LogP contribution in [0.25, 0.3) is 0 Å². The van der Waals surface area contributed by atoms with Crippen LogP contribution in [0.1, 0.15) is 58.9 Å². The Morgan fingerprint density at radius 3 is 2.26 bits per heavy atom. The summed E-state index contributed by atoms with van der Waals surface area (Å²) in [6, 6.07) is 8.14. The predicted octanol–water partition coefficient (Wildman–Crippen LogP) is 2.04. The standard InChI is InChI=1S/C11H15Cl.C8H17NO.Na.H/c1-2-3-4-5-10-6-8-11(12)9-7-10;10-8-4-7-9-5-2-1-3-6-9;;/h6-9H,2-5H2,1H3;10H,1-8H2;;/q;;+1;-1. The van der Waals surface area contributed by atoms with Crippen molar-refractivity contribution in [2.75, 3.05) is 26.2 Å². The number of halogens is 1. The van der Waals surface area contributed by atoms with Gasteiger partial charge in [-0.15, -0.1) is 0 Å². The molecule has 0 radical (unpaired) electrons. The van der Waals surface area contributed by atoms with Crippen molar-refractivity contribution in [3.05, 3.63) is 34.9 Å². The van der Waals surface area contributed by atoms with Gasteiger partial charge in [-0.1, -0.05) is 49.9 Å². The maximum absolute atomic E-state index is 8.57. The minimum absolute atomic E-state index is 0. The number of likely N-dealkylation sites (tertiary alicyclic amines) is 1. The van der Waals surface area contributed by atoms with E-state index in [0.717, 1.165) is 18.0 Å². The predicted molar refractivity (Wildman–Crippen MR) is 97.8 cm³/mol. The summed E-state index contributed by atoms with van der Waals surface area (Å²) in [5, 5.41) is 9.40. The van der Waals surface area contributed by atoms with Crippen LogP contribution in [0.5, 0.6) is 0 Å². The molecule has 23 heavy (non-hydrogen) atoms. The molecule has 2 nitrogen and oxygen atoms in total. The second kappa shape index (κ2) is 15.9. The molecule has 0 aliphatic carbocycles. The van der Waals surface area contributed by atoms with Gasteiger partial charge in [0.2, 0.25) is 0 Å². The van der Waals surface area contributed by atoms with Crippen LogP contribution in [0.4, 0.5) is 0 Å². The number of rotatable bonds is 7. The summed E-state index contributed by atoms with van der Waals surface area (Å²) in [4.78, 5) is 2.44. The van der Waals surface area contributed by atoms with Crippen molar-refractivity contribution in [1.82, 2.24) is 4.90 Å². The molecule has 0 saturated carbocycles. The molecule has 0 bridgehead atoms. The molecule has 0 unspecified atom stereocenters. The third-order valence-electron chi connectivity index (χ3n) is 4.06. The summed E-state index contributed by atoms with van der Waals surface area (Å²) >= 11 is 5.77. The normalized spacial score (nSPS) is 14.6. The van der Waals surface area contributed by atoms with Crippen LogP contribution in [0.15, 0.2) is 24.3 Å². The van der Waals surface area contributed by atoms with Gasteiger partial charge in [-0.2, -0.15) is 0 Å². The molecule has 1 aromatic rings. The van der Waals surface area contributed by atoms with E-state index >= 15 is 0 Å². The van der Waals surface area contributed by atoms with E-state index in [1.165, 1.54) is 63.6 Å². The molecule has 1 aliphatic rings. The second-order valence-electron chi connectivity index (χ2n) is 6.06. The molecular weight excluding hydrogens is 317 g/mol. The molecule has 1 heterocycles. The number of nitrogens with zero attached hydrogens (tertiary/aromatic N) is 1. The zero-order valence-electron chi connectivity index (χ0n) is 16.1. The first kappa shape index (κ1) is 23.4. The number of aryl methyl sites for hydroxylation is 1. The smallest absolute Gasteiger partial charge is 1.00 e. The molecule has 1 saturated heterocycles. The van der Waals surface area contributed by atoms with Gasteiger partial charge in [-0.3, -0.25) is 0 Å². The third kappa shape index (κ3) is 12.4. The van der Waals surface area contributed by atoms with Crippen molar-refractivity contribution in [3.63, 3.8) is 0 Å². The van der Waals surface area contributed by atoms with Crippen molar-refractivity contribution >= 4 is 11.6 Å². The molecular formula is C19H33ClNNaO. The molecule has 0 spiro atoms. The minimum atomic E-state index is 0. The zero-order valence-corrected chi connectivity index (χ0v) is 17.8. The van der Waals surface area contributed by atoms with Gasteiger partial charge in [0.25, 0.3) is 0 Å². The van der Waals surface area contributed by atoms with Crippen LogP contribution in [-0.2, 0) is 6.42 Å². The molecule has 1 fully saturated rings. The quantitative estimate of drug-likeness (QED) is 0.601. The first-order valence-corrected chi connectivity index (χ1v) is 9.21. The molecule has 0 atom stereocenters. The maximum atomic E-state index is 8.57. The van der Waals surface area contributed by atoms with E-state index in [1.54, 1.807) is 0 Å². The Morgan fingerprint density at radius 2 is 1.70 bits per heavy atom. The van der Waals surface area contributed by atoms with Crippen molar-refractivity contribution in [2.24, 2.45) is 0 Å². The fourth-order valence-electron chi connectivity index (χ4n) is 2.71. The average Bonchev–Trinajstić information content (AvgIpc) is 2.57. The fourth-order valence-corrected chi connectivity index (χ4v) is 2.83. The van der Waals surface area contributed by atoms with E-state index in [0.29, 0.717) is 6.61 Å². The Balaban J connectivity index is 0. The molecule has 128 valence electrons. The second-order valence-corrected chi connectivity index (χ2v) is 6.50. The summed E-state index contributed by atoms with van der Waals surface area (Å²) in [6.45, 7) is 6.16. The largest absolute Gasteiger partial charge is 1.00 e. The third-order valence-corrected chi connectivity index (χ3v) is 4.32. The number of unbranched alkanes of at least 4 members (excludes halogenated alkanes) is 2. The maximum Gasteiger partial charge on any atom is 1.00 e. The summed E-state index contributed by atoms with van der Waals surface area (Å²) < 4.78 is 0. The van der Waals surface area contributed by atoms with Crippen LogP contribution >= 0.6 is 11.6 Å². The Labute approximate surface area is 171 Å². The number of aliphatic hydroxyl groups is 1. The number of piperidine rings is 1. The van der Waals surface area contributed by atoms with Gasteiger partial charge in [-0.05, 0) is 62.9 Å². The van der Waals surface area contributed by atoms with Gasteiger partial charge in [0, 0.05) is 18.2 Å². The molecule has 2 rings (SSSR count). The Morgan fingerprint density at radius 1 is 1.04 bits per heavy atom. The molecule has 1 N–H and O–H groups in total. The number of aliphatic hydroxyl groups excluding tert-OH is 1. The van der Waals surface area contributed by atoms with Crippen LogP contribution in [0.2, 0.25) is 5.02 Å². The zero-order chi connectivity index (χ0) is 16.0. The average molecular weight is 350 g/mol. The minimum Gasteiger partial charge on any atom is -1.00 e. The Bertz CT molecular complexity index is 372. The van der Waals surface area contributed by atoms with E-state index in [9.17, 15) is 0 Å². The van der Waals surface area contributed by atoms with E-state index in [2.05, 4.69) is 24.0 Å². The number of benzene rings is 1. The first-order valence-electron chi connectivity index (χ1n) is 8.84. The van der Waals surface area contributed by atoms with Gasteiger partial charge in [0.05, 0.1) is 0 Å². The van der Waals surface area contributed by atoms with Gasteiger partial charge < -0.3 is 11.4 Å². The summed E-state index contributed by atoms with van der Waals surface area (Å²) in [6.07, 6.45) is 10.1. The van der Waals surface area contributed by atoms with E-state index in [4.69, 9.17) is 16.7 Å². The topological polar surface area (TPSA) is 23.5 Å². The monoisotopic (exact) mass is 349 g/mol. The molecule has 1 aliphatic heterocycles. The number of hydrogen-bond acceptors (Lipinski definition) is 2. The summed E-state index contributed by atoms with van der Waals surface area (Å²) in [5.74, 6) is 0. The fraction of sp³-hybridized carbons (Fsp3) is 0.684. The van der Waals surface area contributed by atoms with Gasteiger partial charge in [0.1, 0.15) is 0 Å². The Hall–Kier alpha value is 0.430. The van der Waals surface area contributed by atoms with Crippen LogP contribution < -0.4 is 29.6 Å². The van der Waals surface area contributed by atoms with E-state index in [1.807, 2.05) is 12.1 Å². The van der Waals surface area contributed by atoms with Crippen molar-refractivity contribution in [1.29, 1.82) is 0 Å². The van der Waals surface area contributed by atoms with Gasteiger partial charge in [-0.25, -0.2) is 0 Å². The summed E-state index contributed by atoms with van der Waals surface area (Å²) in [7, 11) is 0. The van der Waals surface area contributed by atoms with Gasteiger partial charge >= 0.3 is 29.6 Å². The molecule has 4 heteroatoms. The SMILES string of the molecule is CCCCCc1ccc(Cl)cc1.OCCCN1CCCCC1.[H-].[Na+]. The van der Waals surface area contributed by atoms with Crippen LogP contribution in [0, 0.1) is 0 Å². The van der Waals surface area contributed by atoms with E-state index < -0.39 is 0 Å². The van der Waals surface area contributed by atoms with Gasteiger partial charge in [0.15, 0.2) is 0 Å².